The lowest BCUT2D eigenvalue weighted by molar-refractivity contribution is 0.0696. The number of rotatable bonds is 5. The maximum Gasteiger partial charge on any atom is 0.337 e. The van der Waals surface area contributed by atoms with Crippen LogP contribution in [0.25, 0.3) is 0 Å². The molecule has 2 rings (SSSR count). The molecule has 0 aromatic carbocycles. The summed E-state index contributed by atoms with van der Waals surface area (Å²) in [5, 5.41) is 12.4. The highest BCUT2D eigenvalue weighted by Gasteiger charge is 2.34. The van der Waals surface area contributed by atoms with Crippen LogP contribution in [0.1, 0.15) is 43.0 Å². The second kappa shape index (κ2) is 5.14. The summed E-state index contributed by atoms with van der Waals surface area (Å²) in [4.78, 5) is 14.8. The molecule has 0 bridgehead atoms. The summed E-state index contributed by atoms with van der Waals surface area (Å²) in [6.45, 7) is 3.05. The largest absolute Gasteiger partial charge is 0.478 e. The van der Waals surface area contributed by atoms with E-state index in [4.69, 9.17) is 16.7 Å². The first-order valence-corrected chi connectivity index (χ1v) is 6.57. The van der Waals surface area contributed by atoms with E-state index < -0.39 is 5.97 Å². The normalized spacial score (nSPS) is 17.0. The van der Waals surface area contributed by atoms with E-state index in [9.17, 15) is 4.79 Å². The van der Waals surface area contributed by atoms with Gasteiger partial charge >= 0.3 is 5.97 Å². The summed E-state index contributed by atoms with van der Waals surface area (Å²) >= 11 is 6.02. The van der Waals surface area contributed by atoms with E-state index in [1.165, 1.54) is 31.5 Å². The number of anilines is 1. The number of nitrogens with one attached hydrogen (secondary N) is 1. The molecule has 1 aliphatic rings. The van der Waals surface area contributed by atoms with Gasteiger partial charge in [-0.1, -0.05) is 24.9 Å². The second-order valence-electron chi connectivity index (χ2n) is 4.92. The molecule has 1 aliphatic carbocycles. The number of hydrogen-bond acceptors (Lipinski definition) is 3. The fraction of sp³-hybridized carbons (Fsp3) is 0.538. The first-order valence-electron chi connectivity index (χ1n) is 6.19. The van der Waals surface area contributed by atoms with Gasteiger partial charge in [-0.25, -0.2) is 9.78 Å². The van der Waals surface area contributed by atoms with Crippen molar-refractivity contribution in [1.82, 2.24) is 4.98 Å². The Balaban J connectivity index is 2.03. The second-order valence-corrected chi connectivity index (χ2v) is 5.33. The fourth-order valence-corrected chi connectivity index (χ4v) is 2.52. The summed E-state index contributed by atoms with van der Waals surface area (Å²) in [6.07, 6.45) is 6.23. The fourth-order valence-electron chi connectivity index (χ4n) is 2.29. The number of halogens is 1. The molecule has 0 aliphatic heterocycles. The monoisotopic (exact) mass is 268 g/mol. The smallest absolute Gasteiger partial charge is 0.337 e. The van der Waals surface area contributed by atoms with Gasteiger partial charge in [0.05, 0.1) is 10.6 Å². The molecule has 18 heavy (non-hydrogen) atoms. The van der Waals surface area contributed by atoms with Crippen LogP contribution in [-0.2, 0) is 0 Å². The maximum atomic E-state index is 10.8. The average molecular weight is 269 g/mol. The predicted octanol–water partition coefficient (Wildman–Crippen LogP) is 3.43. The van der Waals surface area contributed by atoms with Gasteiger partial charge in [-0.2, -0.15) is 0 Å². The molecule has 1 aromatic heterocycles. The minimum absolute atomic E-state index is 0.111. The summed E-state index contributed by atoms with van der Waals surface area (Å²) in [7, 11) is 0. The first-order chi connectivity index (χ1) is 8.56. The van der Waals surface area contributed by atoms with E-state index in [1.807, 2.05) is 0 Å². The van der Waals surface area contributed by atoms with Crippen LogP contribution in [0.3, 0.4) is 0 Å². The van der Waals surface area contributed by atoms with Crippen molar-refractivity contribution in [3.63, 3.8) is 0 Å². The Bertz CT molecular complexity index is 453. The minimum atomic E-state index is -1.01. The van der Waals surface area contributed by atoms with Gasteiger partial charge in [-0.15, -0.1) is 0 Å². The highest BCUT2D eigenvalue weighted by Crippen LogP contribution is 2.43. The summed E-state index contributed by atoms with van der Waals surface area (Å²) < 4.78 is 0. The highest BCUT2D eigenvalue weighted by molar-refractivity contribution is 6.33. The SMILES string of the molecule is CCC1(CNc2ncc(C(=O)O)cc2Cl)CCC1. The summed E-state index contributed by atoms with van der Waals surface area (Å²) in [5.74, 6) is -0.443. The molecule has 98 valence electrons. The van der Waals surface area contributed by atoms with Gasteiger partial charge in [-0.05, 0) is 30.7 Å². The van der Waals surface area contributed by atoms with Crippen LogP contribution in [0.5, 0.6) is 0 Å². The molecule has 5 heteroatoms. The third-order valence-electron chi connectivity index (χ3n) is 3.88. The van der Waals surface area contributed by atoms with Crippen molar-refractivity contribution in [3.05, 3.63) is 22.8 Å². The molecule has 1 saturated carbocycles. The Morgan fingerprint density at radius 1 is 1.61 bits per heavy atom. The van der Waals surface area contributed by atoms with Crippen molar-refractivity contribution in [2.24, 2.45) is 5.41 Å². The Kier molecular flexibility index (Phi) is 3.76. The van der Waals surface area contributed by atoms with Crippen molar-refractivity contribution in [1.29, 1.82) is 0 Å². The zero-order valence-electron chi connectivity index (χ0n) is 10.4. The van der Waals surface area contributed by atoms with Gasteiger partial charge in [0.2, 0.25) is 0 Å². The number of nitrogens with zero attached hydrogens (tertiary/aromatic N) is 1. The van der Waals surface area contributed by atoms with Crippen molar-refractivity contribution in [2.75, 3.05) is 11.9 Å². The molecule has 1 fully saturated rings. The van der Waals surface area contributed by atoms with E-state index in [2.05, 4.69) is 17.2 Å². The summed E-state index contributed by atoms with van der Waals surface area (Å²) in [5.41, 5.74) is 0.482. The van der Waals surface area contributed by atoms with Gasteiger partial charge in [-0.3, -0.25) is 0 Å². The molecule has 0 spiro atoms. The van der Waals surface area contributed by atoms with Crippen molar-refractivity contribution >= 4 is 23.4 Å². The number of carboxylic acids is 1. The third-order valence-corrected chi connectivity index (χ3v) is 4.17. The Hall–Kier alpha value is -1.29. The average Bonchev–Trinajstić information content (AvgIpc) is 2.29. The number of aromatic carboxylic acids is 1. The molecular formula is C13H17ClN2O2. The highest BCUT2D eigenvalue weighted by atomic mass is 35.5. The van der Waals surface area contributed by atoms with E-state index in [-0.39, 0.29) is 5.56 Å². The minimum Gasteiger partial charge on any atom is -0.478 e. The van der Waals surface area contributed by atoms with Gasteiger partial charge < -0.3 is 10.4 Å². The van der Waals surface area contributed by atoms with E-state index in [0.717, 1.165) is 13.0 Å². The third kappa shape index (κ3) is 2.58. The van der Waals surface area contributed by atoms with Crippen LogP contribution in [-0.4, -0.2) is 22.6 Å². The number of hydrogen-bond donors (Lipinski definition) is 2. The van der Waals surface area contributed by atoms with Crippen LogP contribution < -0.4 is 5.32 Å². The molecule has 0 radical (unpaired) electrons. The maximum absolute atomic E-state index is 10.8. The molecule has 1 heterocycles. The molecular weight excluding hydrogens is 252 g/mol. The van der Waals surface area contributed by atoms with Crippen LogP contribution >= 0.6 is 11.6 Å². The number of pyridine rings is 1. The van der Waals surface area contributed by atoms with Gasteiger partial charge in [0.25, 0.3) is 0 Å². The Labute approximate surface area is 111 Å². The standard InChI is InChI=1S/C13H17ClN2O2/c1-2-13(4-3-5-13)8-16-11-10(14)6-9(7-15-11)12(17)18/h6-7H,2-5,8H2,1H3,(H,15,16)(H,17,18). The van der Waals surface area contributed by atoms with Crippen LogP contribution in [0, 0.1) is 5.41 Å². The van der Waals surface area contributed by atoms with Crippen molar-refractivity contribution in [2.45, 2.75) is 32.6 Å². The zero-order valence-corrected chi connectivity index (χ0v) is 11.1. The summed E-state index contributed by atoms with van der Waals surface area (Å²) in [6, 6.07) is 1.43. The van der Waals surface area contributed by atoms with E-state index in [1.54, 1.807) is 0 Å². The van der Waals surface area contributed by atoms with E-state index in [0.29, 0.717) is 16.3 Å². The Morgan fingerprint density at radius 2 is 2.33 bits per heavy atom. The molecule has 0 amide bonds. The lowest BCUT2D eigenvalue weighted by atomic mass is 9.67. The molecule has 0 saturated heterocycles. The number of carbonyl (C=O) groups is 1. The topological polar surface area (TPSA) is 62.2 Å². The zero-order chi connectivity index (χ0) is 13.2. The van der Waals surface area contributed by atoms with Gasteiger partial charge in [0.15, 0.2) is 0 Å². The molecule has 1 aromatic rings. The van der Waals surface area contributed by atoms with Crippen molar-refractivity contribution < 1.29 is 9.90 Å². The molecule has 0 atom stereocenters. The quantitative estimate of drug-likeness (QED) is 0.859. The first kappa shape index (κ1) is 13.1. The number of carboxylic acid groups (broad SMARTS) is 1. The lowest BCUT2D eigenvalue weighted by Gasteiger charge is -2.41. The Morgan fingerprint density at radius 3 is 2.78 bits per heavy atom. The van der Waals surface area contributed by atoms with E-state index >= 15 is 0 Å². The number of aromatic nitrogens is 1. The van der Waals surface area contributed by atoms with Gasteiger partial charge in [0.1, 0.15) is 5.82 Å². The molecule has 2 N–H and O–H groups in total. The van der Waals surface area contributed by atoms with Crippen LogP contribution in [0.15, 0.2) is 12.3 Å². The molecule has 4 nitrogen and oxygen atoms in total. The molecule has 0 unspecified atom stereocenters. The van der Waals surface area contributed by atoms with Gasteiger partial charge in [0, 0.05) is 12.7 Å². The predicted molar refractivity (Wildman–Crippen MR) is 71.3 cm³/mol. The van der Waals surface area contributed by atoms with Crippen LogP contribution in [0.2, 0.25) is 5.02 Å². The van der Waals surface area contributed by atoms with Crippen LogP contribution in [0.4, 0.5) is 5.82 Å². The van der Waals surface area contributed by atoms with Crippen molar-refractivity contribution in [3.8, 4) is 0 Å². The lowest BCUT2D eigenvalue weighted by Crippen LogP contribution is -2.36.